The molecule has 2 rings (SSSR count). The van der Waals surface area contributed by atoms with Gasteiger partial charge in [0.25, 0.3) is 0 Å². The second-order valence-corrected chi connectivity index (χ2v) is 4.00. The van der Waals surface area contributed by atoms with E-state index in [4.69, 9.17) is 0 Å². The van der Waals surface area contributed by atoms with Gasteiger partial charge >= 0.3 is 0 Å². The molecule has 0 unspecified atom stereocenters. The normalized spacial score (nSPS) is 15.8. The molecule has 1 N–H and O–H groups in total. The van der Waals surface area contributed by atoms with E-state index >= 15 is 0 Å². The number of carbonyl (C=O) groups is 1. The minimum atomic E-state index is 0.203. The van der Waals surface area contributed by atoms with Gasteiger partial charge in [0.2, 0.25) is 0 Å². The molecule has 0 spiro atoms. The average Bonchev–Trinajstić information content (AvgIpc) is 2.47. The summed E-state index contributed by atoms with van der Waals surface area (Å²) in [5.41, 5.74) is 2.22. The molecule has 3 heteroatoms. The van der Waals surface area contributed by atoms with E-state index in [-0.39, 0.29) is 5.78 Å². The zero-order valence-electron chi connectivity index (χ0n) is 7.02. The summed E-state index contributed by atoms with van der Waals surface area (Å²) < 4.78 is 0. The van der Waals surface area contributed by atoms with Crippen molar-refractivity contribution in [2.45, 2.75) is 19.9 Å². The highest BCUT2D eigenvalue weighted by atomic mass is 32.1. The van der Waals surface area contributed by atoms with Crippen molar-refractivity contribution in [3.05, 3.63) is 21.4 Å². The number of rotatable bonds is 1. The molecule has 64 valence electrons. The Morgan fingerprint density at radius 1 is 1.67 bits per heavy atom. The fourth-order valence-electron chi connectivity index (χ4n) is 1.56. The van der Waals surface area contributed by atoms with Crippen LogP contribution < -0.4 is 5.32 Å². The number of ketones is 1. The molecule has 0 radical (unpaired) electrons. The van der Waals surface area contributed by atoms with E-state index < -0.39 is 0 Å². The zero-order chi connectivity index (χ0) is 8.55. The molecule has 12 heavy (non-hydrogen) atoms. The number of nitrogens with one attached hydrogen (secondary N) is 1. The minimum Gasteiger partial charge on any atom is -0.312 e. The third-order valence-corrected chi connectivity index (χ3v) is 3.23. The zero-order valence-corrected chi connectivity index (χ0v) is 7.83. The van der Waals surface area contributed by atoms with Crippen LogP contribution in [-0.4, -0.2) is 12.3 Å². The fourth-order valence-corrected chi connectivity index (χ4v) is 2.66. The largest absolute Gasteiger partial charge is 0.312 e. The Morgan fingerprint density at radius 3 is 3.25 bits per heavy atom. The van der Waals surface area contributed by atoms with E-state index in [1.165, 1.54) is 10.4 Å². The molecule has 0 aliphatic carbocycles. The van der Waals surface area contributed by atoms with E-state index in [0.717, 1.165) is 25.1 Å². The quantitative estimate of drug-likeness (QED) is 0.667. The van der Waals surface area contributed by atoms with Crippen LogP contribution in [0.25, 0.3) is 0 Å². The number of fused-ring (bicyclic) bond motifs is 1. The Labute approximate surface area is 75.6 Å². The van der Waals surface area contributed by atoms with Gasteiger partial charge in [0.05, 0.1) is 0 Å². The third-order valence-electron chi connectivity index (χ3n) is 2.20. The first-order valence-electron chi connectivity index (χ1n) is 4.10. The van der Waals surface area contributed by atoms with Gasteiger partial charge in [0, 0.05) is 22.4 Å². The molecular weight excluding hydrogens is 170 g/mol. The van der Waals surface area contributed by atoms with Crippen LogP contribution in [0.2, 0.25) is 0 Å². The van der Waals surface area contributed by atoms with Gasteiger partial charge in [-0.05, 0) is 25.5 Å². The summed E-state index contributed by atoms with van der Waals surface area (Å²) in [6.45, 7) is 3.58. The van der Waals surface area contributed by atoms with Crippen LogP contribution >= 0.6 is 11.3 Å². The van der Waals surface area contributed by atoms with Crippen molar-refractivity contribution in [2.24, 2.45) is 0 Å². The monoisotopic (exact) mass is 181 g/mol. The van der Waals surface area contributed by atoms with E-state index in [2.05, 4.69) is 5.32 Å². The van der Waals surface area contributed by atoms with Crippen LogP contribution in [0.4, 0.5) is 0 Å². The lowest BCUT2D eigenvalue weighted by Gasteiger charge is -2.13. The number of hydrogen-bond donors (Lipinski definition) is 1. The molecule has 1 aromatic rings. The molecule has 0 amide bonds. The van der Waals surface area contributed by atoms with Crippen molar-refractivity contribution in [2.75, 3.05) is 6.54 Å². The lowest BCUT2D eigenvalue weighted by atomic mass is 10.0. The Morgan fingerprint density at radius 2 is 2.50 bits per heavy atom. The van der Waals surface area contributed by atoms with Gasteiger partial charge < -0.3 is 5.32 Å². The summed E-state index contributed by atoms with van der Waals surface area (Å²) in [7, 11) is 0. The molecule has 0 fully saturated rings. The summed E-state index contributed by atoms with van der Waals surface area (Å²) in [6, 6.07) is 0. The molecule has 0 atom stereocenters. The second kappa shape index (κ2) is 2.99. The average molecular weight is 181 g/mol. The Kier molecular flexibility index (Phi) is 1.98. The highest BCUT2D eigenvalue weighted by Gasteiger charge is 2.16. The Balaban J connectivity index is 2.44. The fraction of sp³-hybridized carbons (Fsp3) is 0.444. The molecule has 0 saturated heterocycles. The molecule has 1 aliphatic rings. The van der Waals surface area contributed by atoms with Gasteiger partial charge in [-0.15, -0.1) is 11.3 Å². The third kappa shape index (κ3) is 1.19. The summed E-state index contributed by atoms with van der Waals surface area (Å²) in [5, 5.41) is 5.28. The second-order valence-electron chi connectivity index (χ2n) is 3.03. The lowest BCUT2D eigenvalue weighted by Crippen LogP contribution is -2.23. The van der Waals surface area contributed by atoms with Crippen molar-refractivity contribution >= 4 is 17.1 Å². The van der Waals surface area contributed by atoms with Gasteiger partial charge in [-0.1, -0.05) is 0 Å². The van der Waals surface area contributed by atoms with Crippen LogP contribution in [-0.2, 0) is 13.0 Å². The first-order valence-corrected chi connectivity index (χ1v) is 4.98. The maximum atomic E-state index is 11.2. The molecule has 0 bridgehead atoms. The molecular formula is C9H11NOS. The Hall–Kier alpha value is -0.670. The maximum absolute atomic E-state index is 11.2. The highest BCUT2D eigenvalue weighted by molar-refractivity contribution is 7.10. The predicted octanol–water partition coefficient (Wildman–Crippen LogP) is 1.60. The molecule has 2 nitrogen and oxygen atoms in total. The summed E-state index contributed by atoms with van der Waals surface area (Å²) in [6.07, 6.45) is 1.01. The molecule has 1 aliphatic heterocycles. The van der Waals surface area contributed by atoms with Crippen LogP contribution in [0.15, 0.2) is 5.38 Å². The van der Waals surface area contributed by atoms with Crippen LogP contribution in [0.5, 0.6) is 0 Å². The molecule has 2 heterocycles. The topological polar surface area (TPSA) is 29.1 Å². The standard InChI is InChI=1S/C9H11NOS/c1-6(11)8-5-12-9-4-10-3-2-7(8)9/h5,10H,2-4H2,1H3. The first kappa shape index (κ1) is 7.95. The smallest absolute Gasteiger partial charge is 0.160 e. The van der Waals surface area contributed by atoms with E-state index in [1.807, 2.05) is 5.38 Å². The molecule has 1 aromatic heterocycles. The van der Waals surface area contributed by atoms with Crippen molar-refractivity contribution in [1.82, 2.24) is 5.32 Å². The number of carbonyl (C=O) groups excluding carboxylic acids is 1. The SMILES string of the molecule is CC(=O)c1csc2c1CCNC2. The summed E-state index contributed by atoms with van der Waals surface area (Å²) >= 11 is 1.70. The predicted molar refractivity (Wildman–Crippen MR) is 49.7 cm³/mol. The van der Waals surface area contributed by atoms with E-state index in [0.29, 0.717) is 0 Å². The van der Waals surface area contributed by atoms with Crippen molar-refractivity contribution in [1.29, 1.82) is 0 Å². The number of hydrogen-bond acceptors (Lipinski definition) is 3. The molecule has 0 saturated carbocycles. The van der Waals surface area contributed by atoms with Gasteiger partial charge in [0.1, 0.15) is 0 Å². The van der Waals surface area contributed by atoms with Gasteiger partial charge in [-0.25, -0.2) is 0 Å². The minimum absolute atomic E-state index is 0.203. The van der Waals surface area contributed by atoms with Crippen LogP contribution in [0, 0.1) is 0 Å². The first-order chi connectivity index (χ1) is 5.79. The van der Waals surface area contributed by atoms with Gasteiger partial charge in [-0.2, -0.15) is 0 Å². The van der Waals surface area contributed by atoms with E-state index in [1.54, 1.807) is 18.3 Å². The molecule has 0 aromatic carbocycles. The van der Waals surface area contributed by atoms with Crippen LogP contribution in [0.1, 0.15) is 27.7 Å². The van der Waals surface area contributed by atoms with Crippen molar-refractivity contribution < 1.29 is 4.79 Å². The van der Waals surface area contributed by atoms with Crippen molar-refractivity contribution in [3.63, 3.8) is 0 Å². The van der Waals surface area contributed by atoms with Gasteiger partial charge in [0.15, 0.2) is 5.78 Å². The lowest BCUT2D eigenvalue weighted by molar-refractivity contribution is 0.101. The van der Waals surface area contributed by atoms with Gasteiger partial charge in [-0.3, -0.25) is 4.79 Å². The van der Waals surface area contributed by atoms with E-state index in [9.17, 15) is 4.79 Å². The summed E-state index contributed by atoms with van der Waals surface area (Å²) in [4.78, 5) is 12.5. The summed E-state index contributed by atoms with van der Waals surface area (Å²) in [5.74, 6) is 0.203. The Bertz CT molecular complexity index is 316. The maximum Gasteiger partial charge on any atom is 0.160 e. The number of Topliss-reactive ketones (excluding diaryl/α,β-unsaturated/α-hetero) is 1. The number of thiophene rings is 1. The highest BCUT2D eigenvalue weighted by Crippen LogP contribution is 2.25. The van der Waals surface area contributed by atoms with Crippen molar-refractivity contribution in [3.8, 4) is 0 Å². The van der Waals surface area contributed by atoms with Crippen LogP contribution in [0.3, 0.4) is 0 Å².